The molecule has 0 saturated carbocycles. The number of fused-ring (bicyclic) bond motifs is 1. The average molecular weight is 304 g/mol. The van der Waals surface area contributed by atoms with Gasteiger partial charge in [-0.3, -0.25) is 0 Å². The van der Waals surface area contributed by atoms with E-state index in [0.29, 0.717) is 0 Å². The predicted octanol–water partition coefficient (Wildman–Crippen LogP) is -2.36. The number of hydrogen-bond donors (Lipinski definition) is 3. The molecule has 0 aromatic rings. The van der Waals surface area contributed by atoms with Crippen LogP contribution < -0.4 is 5.73 Å². The number of hydrogen-bond acceptors (Lipinski definition) is 7. The van der Waals surface area contributed by atoms with E-state index < -0.39 is 37.7 Å². The van der Waals surface area contributed by atoms with E-state index in [1.807, 2.05) is 0 Å². The zero-order valence-corrected chi connectivity index (χ0v) is 11.8. The van der Waals surface area contributed by atoms with Gasteiger partial charge in [-0.15, -0.1) is 0 Å². The monoisotopic (exact) mass is 304 g/mol. The molecular weight excluding hydrogens is 284 g/mol. The number of aliphatic hydroxyl groups is 2. The van der Waals surface area contributed by atoms with Crippen LogP contribution in [0.15, 0.2) is 9.98 Å². The second-order valence-corrected chi connectivity index (χ2v) is 4.54. The van der Waals surface area contributed by atoms with Crippen LogP contribution in [0.3, 0.4) is 0 Å². The minimum Gasteiger partial charge on any atom is -0.394 e. The maximum atomic E-state index is 9.34. The van der Waals surface area contributed by atoms with Gasteiger partial charge < -0.3 is 39.8 Å². The van der Waals surface area contributed by atoms with Crippen LogP contribution in [0.5, 0.6) is 0 Å². The molecule has 0 spiro atoms. The first-order valence-electron chi connectivity index (χ1n) is 6.37. The van der Waals surface area contributed by atoms with Crippen molar-refractivity contribution in [1.82, 2.24) is 4.90 Å². The third kappa shape index (κ3) is 3.48. The molecule has 0 aliphatic carbocycles. The number of likely N-dealkylation sites (N-methyl/N-ethyl adjacent to an activating group) is 1. The number of guanidine groups is 1. The first-order valence-corrected chi connectivity index (χ1v) is 6.37. The Morgan fingerprint density at radius 1 is 1.33 bits per heavy atom. The van der Waals surface area contributed by atoms with Crippen molar-refractivity contribution in [3.05, 3.63) is 0 Å². The molecule has 0 radical (unpaired) electrons. The largest absolute Gasteiger partial charge is 0.394 e. The van der Waals surface area contributed by atoms with Gasteiger partial charge in [0.05, 0.1) is 12.9 Å². The van der Waals surface area contributed by atoms with Crippen molar-refractivity contribution in [1.29, 1.82) is 0 Å². The van der Waals surface area contributed by atoms with E-state index in [1.165, 1.54) is 13.4 Å². The van der Waals surface area contributed by atoms with Gasteiger partial charge in [0, 0.05) is 14.2 Å². The van der Waals surface area contributed by atoms with Gasteiger partial charge >= 0.3 is 0 Å². The van der Waals surface area contributed by atoms with E-state index in [-0.39, 0.29) is 12.6 Å². The Hall–Kier alpha value is -1.30. The first kappa shape index (κ1) is 16.1. The van der Waals surface area contributed by atoms with Gasteiger partial charge in [-0.05, 0) is 0 Å². The van der Waals surface area contributed by atoms with E-state index in [0.717, 1.165) is 0 Å². The molecule has 4 N–H and O–H groups in total. The van der Waals surface area contributed by atoms with Gasteiger partial charge in [-0.1, -0.05) is 0 Å². The molecule has 2 rings (SSSR count). The van der Waals surface area contributed by atoms with Crippen molar-refractivity contribution >= 4 is 12.3 Å². The van der Waals surface area contributed by atoms with Crippen LogP contribution in [0.4, 0.5) is 0 Å². The Balaban J connectivity index is 2.03. The number of aliphatic hydroxyl groups excluding tert-OH is 2. The first-order chi connectivity index (χ1) is 10.1. The number of rotatable bonds is 5. The van der Waals surface area contributed by atoms with E-state index in [2.05, 4.69) is 9.98 Å². The maximum Gasteiger partial charge on any atom is 0.272 e. The molecule has 21 heavy (non-hydrogen) atoms. The van der Waals surface area contributed by atoms with Gasteiger partial charge in [0.1, 0.15) is 25.0 Å². The van der Waals surface area contributed by atoms with Crippen LogP contribution in [0.1, 0.15) is 0 Å². The minimum absolute atomic E-state index is 0.0593. The quantitative estimate of drug-likeness (QED) is 0.380. The molecule has 0 aromatic carbocycles. The smallest absolute Gasteiger partial charge is 0.272 e. The summed E-state index contributed by atoms with van der Waals surface area (Å²) in [5.41, 5.74) is 5.44. The van der Waals surface area contributed by atoms with Crippen LogP contribution in [0, 0.1) is 0 Å². The lowest BCUT2D eigenvalue weighted by Crippen LogP contribution is -2.41. The number of aliphatic imine (C=N–C) groups is 2. The lowest BCUT2D eigenvalue weighted by Gasteiger charge is -2.25. The van der Waals surface area contributed by atoms with Gasteiger partial charge in [0.25, 0.3) is 6.48 Å². The van der Waals surface area contributed by atoms with E-state index in [9.17, 15) is 5.11 Å². The SMILES string of the molecule is COC1OC2C(CO)OC(N(C)C=NC(N)=NCO)C2O1. The Morgan fingerprint density at radius 3 is 2.67 bits per heavy atom. The Bertz CT molecular complexity index is 406. The van der Waals surface area contributed by atoms with Crippen molar-refractivity contribution < 1.29 is 29.2 Å². The summed E-state index contributed by atoms with van der Waals surface area (Å²) in [4.78, 5) is 9.00. The average Bonchev–Trinajstić information content (AvgIpc) is 3.03. The standard InChI is InChI=1S/C11H20N4O6/c1-15(4-13-10(12)14-5-17)9-8-7(6(3-16)19-9)20-11(18-2)21-8/h4,6-9,11,16-17H,3,5H2,1-2H3,(H2,12,14). The molecule has 5 atom stereocenters. The topological polar surface area (TPSA) is 131 Å². The van der Waals surface area contributed by atoms with Crippen molar-refractivity contribution in [3.8, 4) is 0 Å². The van der Waals surface area contributed by atoms with Crippen LogP contribution in [0.25, 0.3) is 0 Å². The lowest BCUT2D eigenvalue weighted by molar-refractivity contribution is -0.257. The fraction of sp³-hybridized carbons (Fsp3) is 0.818. The van der Waals surface area contributed by atoms with Gasteiger partial charge in [0.15, 0.2) is 6.23 Å². The summed E-state index contributed by atoms with van der Waals surface area (Å²) in [6, 6.07) is 0. The third-order valence-electron chi connectivity index (χ3n) is 3.20. The lowest BCUT2D eigenvalue weighted by atomic mass is 10.1. The van der Waals surface area contributed by atoms with Crippen molar-refractivity contribution in [2.75, 3.05) is 27.5 Å². The van der Waals surface area contributed by atoms with Crippen LogP contribution in [-0.2, 0) is 18.9 Å². The molecule has 2 heterocycles. The number of nitrogens with zero attached hydrogens (tertiary/aromatic N) is 3. The van der Waals surface area contributed by atoms with Gasteiger partial charge in [-0.2, -0.15) is 0 Å². The molecule has 0 aromatic heterocycles. The number of nitrogens with two attached hydrogens (primary N) is 1. The molecule has 0 amide bonds. The second-order valence-electron chi connectivity index (χ2n) is 4.54. The van der Waals surface area contributed by atoms with Crippen LogP contribution in [0.2, 0.25) is 0 Å². The highest BCUT2D eigenvalue weighted by Crippen LogP contribution is 2.34. The van der Waals surface area contributed by atoms with Crippen molar-refractivity contribution in [2.24, 2.45) is 15.7 Å². The molecule has 120 valence electrons. The van der Waals surface area contributed by atoms with Crippen molar-refractivity contribution in [2.45, 2.75) is 31.0 Å². The normalized spacial score (nSPS) is 36.4. The summed E-state index contributed by atoms with van der Waals surface area (Å²) in [6.07, 6.45) is -0.485. The molecule has 10 nitrogen and oxygen atoms in total. The summed E-state index contributed by atoms with van der Waals surface area (Å²) >= 11 is 0. The molecule has 2 aliphatic rings. The summed E-state index contributed by atoms with van der Waals surface area (Å²) in [6.45, 7) is -1.42. The zero-order chi connectivity index (χ0) is 15.4. The summed E-state index contributed by atoms with van der Waals surface area (Å²) in [5, 5.41) is 17.9. The fourth-order valence-corrected chi connectivity index (χ4v) is 2.22. The Labute approximate surface area is 121 Å². The Kier molecular flexibility index (Phi) is 5.45. The summed E-state index contributed by atoms with van der Waals surface area (Å²) < 4.78 is 21.7. The maximum absolute atomic E-state index is 9.34. The molecular formula is C11H20N4O6. The van der Waals surface area contributed by atoms with Gasteiger partial charge in [-0.25, -0.2) is 9.98 Å². The predicted molar refractivity (Wildman–Crippen MR) is 71.3 cm³/mol. The van der Waals surface area contributed by atoms with Gasteiger partial charge in [0.2, 0.25) is 5.96 Å². The minimum atomic E-state index is -0.785. The molecule has 2 aliphatic heterocycles. The zero-order valence-electron chi connectivity index (χ0n) is 11.8. The number of ether oxygens (including phenoxy) is 4. The van der Waals surface area contributed by atoms with E-state index in [4.69, 9.17) is 29.8 Å². The molecule has 2 fully saturated rings. The summed E-state index contributed by atoms with van der Waals surface area (Å²) in [5.74, 6) is -0.0593. The van der Waals surface area contributed by atoms with E-state index in [1.54, 1.807) is 11.9 Å². The molecule has 0 bridgehead atoms. The number of methoxy groups -OCH3 is 1. The Morgan fingerprint density at radius 2 is 2.05 bits per heavy atom. The van der Waals surface area contributed by atoms with Crippen molar-refractivity contribution in [3.63, 3.8) is 0 Å². The van der Waals surface area contributed by atoms with E-state index >= 15 is 0 Å². The third-order valence-corrected chi connectivity index (χ3v) is 3.20. The van der Waals surface area contributed by atoms with Crippen LogP contribution in [-0.4, -0.2) is 85.9 Å². The van der Waals surface area contributed by atoms with Crippen LogP contribution >= 0.6 is 0 Å². The highest BCUT2D eigenvalue weighted by Gasteiger charge is 2.53. The molecule has 10 heteroatoms. The highest BCUT2D eigenvalue weighted by atomic mass is 16.9. The molecule has 2 saturated heterocycles. The highest BCUT2D eigenvalue weighted by molar-refractivity contribution is 5.85. The molecule has 5 unspecified atom stereocenters. The summed E-state index contributed by atoms with van der Waals surface area (Å²) in [7, 11) is 3.17. The second kappa shape index (κ2) is 7.11. The fourth-order valence-electron chi connectivity index (χ4n) is 2.22.